The largest absolute Gasteiger partial charge is 0.462 e. The van der Waals surface area contributed by atoms with Gasteiger partial charge in [-0.3, -0.25) is 9.59 Å². The molecule has 4 aliphatic heterocycles. The highest BCUT2D eigenvalue weighted by Gasteiger charge is 2.47. The predicted molar refractivity (Wildman–Crippen MR) is 203 cm³/mol. The van der Waals surface area contributed by atoms with E-state index in [1.54, 1.807) is 53.6 Å². The lowest BCUT2D eigenvalue weighted by Crippen LogP contribution is -2.63. The molecule has 0 aromatic rings. The molecule has 298 valence electrons. The zero-order chi connectivity index (χ0) is 46.9. The third kappa shape index (κ3) is 12.2. The van der Waals surface area contributed by atoms with E-state index in [1.165, 1.54) is 18.2 Å². The van der Waals surface area contributed by atoms with Crippen molar-refractivity contribution in [1.29, 1.82) is 0 Å². The predicted octanol–water partition coefficient (Wildman–Crippen LogP) is 4.18. The van der Waals surface area contributed by atoms with E-state index < -0.39 is 118 Å². The average molecular weight is 744 g/mol. The summed E-state index contributed by atoms with van der Waals surface area (Å²) in [7, 11) is 3.44. The Morgan fingerprint density at radius 1 is 0.981 bits per heavy atom. The number of ketones is 1. The zero-order valence-electron chi connectivity index (χ0n) is 42.2. The normalized spacial score (nSPS) is 47.9. The van der Waals surface area contributed by atoms with Gasteiger partial charge in [-0.25, -0.2) is 0 Å². The summed E-state index contributed by atoms with van der Waals surface area (Å²) in [6.07, 6.45) is -10.5. The van der Waals surface area contributed by atoms with Crippen molar-refractivity contribution in [1.82, 2.24) is 14.7 Å². The molecular formula is C41H71N3O8. The molecule has 1 unspecified atom stereocenters. The molecule has 0 amide bonds. The molecule has 4 aliphatic rings. The van der Waals surface area contributed by atoms with E-state index in [1.807, 2.05) is 0 Å². The molecule has 0 aromatic carbocycles. The topological polar surface area (TPSA) is 132 Å². The number of carbonyl (C=O) groups excluding carboxylic acids is 2. The molecule has 3 N–H and O–H groups in total. The number of allylic oxidation sites excluding steroid dienone is 3. The molecule has 3 fully saturated rings. The van der Waals surface area contributed by atoms with Crippen LogP contribution in [0.1, 0.15) is 112 Å². The Hall–Kier alpha value is -1.70. The summed E-state index contributed by atoms with van der Waals surface area (Å²) < 4.78 is 104. The standard InChI is InChI=1S/C41H71N3O8/c1-8-35-32(26-44-20-13-10-14-21-44)23-27(2)15-16-33(45)28(3)24-31(17-22-43-18-11-9-12-19-43)40(29(4)34(46)25-36(47)51-35)52-41-39(49)37(42(6)7)38(48)30(5)50-41/h15-16,23,28-32,34-35,37-41,46,48-49H,8-14,17-22,24-26H2,1-7H3/b16-15+,27-23+/t28-,29+,30-,31+,32-,34-,35-,37+,38-,39?,40-,41+/m1/s1/i10D2,13D2,14D2,20D2,21D2. The minimum atomic E-state index is -3.61. The molecule has 0 bridgehead atoms. The van der Waals surface area contributed by atoms with E-state index in [0.717, 1.165) is 32.4 Å². The van der Waals surface area contributed by atoms with E-state index in [0.29, 0.717) is 29.9 Å². The van der Waals surface area contributed by atoms with Gasteiger partial charge in [-0.15, -0.1) is 0 Å². The van der Waals surface area contributed by atoms with Crippen LogP contribution >= 0.6 is 0 Å². The lowest BCUT2D eigenvalue weighted by Gasteiger charge is -2.47. The van der Waals surface area contributed by atoms with Crippen LogP contribution in [0.4, 0.5) is 0 Å². The molecule has 4 rings (SSSR count). The summed E-state index contributed by atoms with van der Waals surface area (Å²) in [5, 5.41) is 34.4. The van der Waals surface area contributed by atoms with Gasteiger partial charge in [0.1, 0.15) is 12.2 Å². The van der Waals surface area contributed by atoms with Crippen LogP contribution in [-0.4, -0.2) is 144 Å². The van der Waals surface area contributed by atoms with Crippen LogP contribution in [0.15, 0.2) is 23.8 Å². The van der Waals surface area contributed by atoms with E-state index in [-0.39, 0.29) is 18.1 Å². The second-order valence-electron chi connectivity index (χ2n) is 15.4. The molecule has 4 heterocycles. The molecule has 11 heteroatoms. The van der Waals surface area contributed by atoms with Gasteiger partial charge in [0, 0.05) is 38.0 Å². The Morgan fingerprint density at radius 3 is 2.33 bits per heavy atom. The van der Waals surface area contributed by atoms with E-state index in [4.69, 9.17) is 27.9 Å². The van der Waals surface area contributed by atoms with E-state index in [2.05, 4.69) is 4.90 Å². The lowest BCUT2D eigenvalue weighted by atomic mass is 9.79. The number of cyclic esters (lactones) is 1. The third-order valence-electron chi connectivity index (χ3n) is 11.1. The highest BCUT2D eigenvalue weighted by atomic mass is 16.7. The van der Waals surface area contributed by atoms with E-state index in [9.17, 15) is 24.9 Å². The number of piperidine rings is 2. The van der Waals surface area contributed by atoms with Gasteiger partial charge in [0.25, 0.3) is 0 Å². The Kier molecular flexibility index (Phi) is 12.2. The number of rotatable bonds is 9. The molecule has 0 aliphatic carbocycles. The van der Waals surface area contributed by atoms with Crippen LogP contribution < -0.4 is 0 Å². The first-order chi connectivity index (χ1) is 28.5. The maximum Gasteiger partial charge on any atom is 0.308 e. The van der Waals surface area contributed by atoms with Crippen molar-refractivity contribution < 1.29 is 52.8 Å². The second kappa shape index (κ2) is 20.8. The molecule has 12 atom stereocenters. The summed E-state index contributed by atoms with van der Waals surface area (Å²) >= 11 is 0. The summed E-state index contributed by atoms with van der Waals surface area (Å²) in [6.45, 7) is 3.35. The Bertz CT molecular complexity index is 1570. The number of nitrogens with zero attached hydrogens (tertiary/aromatic N) is 3. The molecular weight excluding hydrogens is 662 g/mol. The van der Waals surface area contributed by atoms with Crippen molar-refractivity contribution in [3.05, 3.63) is 23.8 Å². The van der Waals surface area contributed by atoms with Crippen LogP contribution in [0, 0.1) is 23.7 Å². The van der Waals surface area contributed by atoms with Crippen LogP contribution in [0.2, 0.25) is 0 Å². The summed E-state index contributed by atoms with van der Waals surface area (Å²) in [5.41, 5.74) is 0.420. The molecule has 0 aromatic heterocycles. The van der Waals surface area contributed by atoms with Gasteiger partial charge in [0.15, 0.2) is 12.1 Å². The molecule has 0 saturated carbocycles. The van der Waals surface area contributed by atoms with Gasteiger partial charge in [0.05, 0.1) is 36.9 Å². The number of carbonyl (C=O) groups is 2. The van der Waals surface area contributed by atoms with Gasteiger partial charge in [-0.2, -0.15) is 0 Å². The highest BCUT2D eigenvalue weighted by molar-refractivity contribution is 5.91. The van der Waals surface area contributed by atoms with Crippen molar-refractivity contribution in [2.24, 2.45) is 23.7 Å². The number of aliphatic hydroxyl groups is 3. The molecule has 0 spiro atoms. The Morgan fingerprint density at radius 2 is 1.67 bits per heavy atom. The summed E-state index contributed by atoms with van der Waals surface area (Å²) in [5.74, 6) is -4.06. The minimum Gasteiger partial charge on any atom is -0.462 e. The van der Waals surface area contributed by atoms with Crippen molar-refractivity contribution >= 4 is 11.8 Å². The van der Waals surface area contributed by atoms with Crippen molar-refractivity contribution in [2.75, 3.05) is 53.3 Å². The summed E-state index contributed by atoms with van der Waals surface area (Å²) in [6, 6.07) is -0.757. The zero-order valence-corrected chi connectivity index (χ0v) is 32.2. The first kappa shape index (κ1) is 30.5. The maximum absolute atomic E-state index is 13.9. The van der Waals surface area contributed by atoms with Crippen LogP contribution in [-0.2, 0) is 23.8 Å². The number of hydrogen-bond donors (Lipinski definition) is 3. The van der Waals surface area contributed by atoms with Crippen LogP contribution in [0.3, 0.4) is 0 Å². The van der Waals surface area contributed by atoms with Crippen molar-refractivity contribution in [3.8, 4) is 0 Å². The third-order valence-corrected chi connectivity index (χ3v) is 11.1. The number of esters is 1. The Labute approximate surface area is 327 Å². The fraction of sp³-hybridized carbons (Fsp3) is 0.854. The number of hydrogen-bond acceptors (Lipinski definition) is 11. The van der Waals surface area contributed by atoms with Crippen LogP contribution in [0.25, 0.3) is 0 Å². The lowest BCUT2D eigenvalue weighted by molar-refractivity contribution is -0.304. The fourth-order valence-corrected chi connectivity index (χ4v) is 7.94. The molecule has 11 nitrogen and oxygen atoms in total. The number of ether oxygens (including phenoxy) is 3. The smallest absolute Gasteiger partial charge is 0.308 e. The van der Waals surface area contributed by atoms with E-state index >= 15 is 0 Å². The molecule has 0 radical (unpaired) electrons. The number of aliphatic hydroxyl groups excluding tert-OH is 3. The Balaban J connectivity index is 1.77. The highest BCUT2D eigenvalue weighted by Crippen LogP contribution is 2.35. The van der Waals surface area contributed by atoms with Gasteiger partial charge >= 0.3 is 5.97 Å². The van der Waals surface area contributed by atoms with Gasteiger partial charge in [0.2, 0.25) is 0 Å². The first-order valence-electron chi connectivity index (χ1n) is 24.2. The quantitative estimate of drug-likeness (QED) is 0.294. The molecule has 3 saturated heterocycles. The van der Waals surface area contributed by atoms with Gasteiger partial charge < -0.3 is 44.2 Å². The second-order valence-corrected chi connectivity index (χ2v) is 15.4. The van der Waals surface area contributed by atoms with Gasteiger partial charge in [-0.1, -0.05) is 51.3 Å². The molecule has 52 heavy (non-hydrogen) atoms. The van der Waals surface area contributed by atoms with Crippen molar-refractivity contribution in [2.45, 2.75) is 148 Å². The SMILES string of the molecule is [2H]C1([2H])N(C[C@H]2/C=C(C)/C=C/C(=O)[C@H](C)C[C@H](CCN3CCCCC3)[C@H](O[C@@H]3O[C@H](C)[C@@H](O)[C@H](N(C)C)C3O)[C@@H](C)[C@H](O)CC(=O)O[C@@H]2CC)C([2H])([2H])C([2H])([2H])C([2H])([2H])C1([2H])[2H]. The monoisotopic (exact) mass is 744 g/mol. The maximum atomic E-state index is 13.9. The van der Waals surface area contributed by atoms with Crippen LogP contribution in [0.5, 0.6) is 0 Å². The fourth-order valence-electron chi connectivity index (χ4n) is 7.94. The number of likely N-dealkylation sites (N-methyl/N-ethyl adjacent to an activating group) is 1. The summed E-state index contributed by atoms with van der Waals surface area (Å²) in [4.78, 5) is 32.2. The minimum absolute atomic E-state index is 0.0598. The van der Waals surface area contributed by atoms with Crippen molar-refractivity contribution in [3.63, 3.8) is 0 Å². The average Bonchev–Trinajstić information content (AvgIpc) is 3.18. The van der Waals surface area contributed by atoms with Gasteiger partial charge in [-0.05, 0) is 117 Å². The first-order valence-corrected chi connectivity index (χ1v) is 19.2. The number of likely N-dealkylation sites (tertiary alicyclic amines) is 2.